The molecule has 2 N–H and O–H groups in total. The number of rotatable bonds is 5. The molecule has 0 spiro atoms. The molecule has 1 amide bonds. The van der Waals surface area contributed by atoms with E-state index in [1.165, 1.54) is 6.33 Å². The highest BCUT2D eigenvalue weighted by Crippen LogP contribution is 2.30. The lowest BCUT2D eigenvalue weighted by molar-refractivity contribution is 0.0647. The molecule has 0 bridgehead atoms. The number of H-pyrrole nitrogens is 1. The molecule has 1 aromatic rings. The molecular formula is C12H17N3O3. The summed E-state index contributed by atoms with van der Waals surface area (Å²) in [6.07, 6.45) is 3.53. The molecule has 1 heterocycles. The number of carbonyl (C=O) groups excluding carboxylic acids is 1. The summed E-state index contributed by atoms with van der Waals surface area (Å²) >= 11 is 0. The number of aromatic amines is 1. The van der Waals surface area contributed by atoms with Crippen LogP contribution in [0, 0.1) is 5.92 Å². The Bertz CT molecular complexity index is 463. The van der Waals surface area contributed by atoms with Gasteiger partial charge in [-0.15, -0.1) is 0 Å². The van der Waals surface area contributed by atoms with Crippen molar-refractivity contribution in [3.05, 3.63) is 17.7 Å². The van der Waals surface area contributed by atoms with E-state index in [4.69, 9.17) is 5.11 Å². The van der Waals surface area contributed by atoms with E-state index in [1.54, 1.807) is 4.90 Å². The van der Waals surface area contributed by atoms with E-state index >= 15 is 0 Å². The molecule has 6 heteroatoms. The first-order valence-electron chi connectivity index (χ1n) is 6.08. The van der Waals surface area contributed by atoms with Gasteiger partial charge in [-0.1, -0.05) is 0 Å². The summed E-state index contributed by atoms with van der Waals surface area (Å²) in [6, 6.07) is 0.0384. The Morgan fingerprint density at radius 3 is 2.72 bits per heavy atom. The largest absolute Gasteiger partial charge is 0.477 e. The molecule has 0 aliphatic heterocycles. The van der Waals surface area contributed by atoms with Crippen molar-refractivity contribution in [2.75, 3.05) is 6.54 Å². The van der Waals surface area contributed by atoms with Crippen LogP contribution in [-0.4, -0.2) is 44.4 Å². The summed E-state index contributed by atoms with van der Waals surface area (Å²) in [5, 5.41) is 8.98. The number of amides is 1. The van der Waals surface area contributed by atoms with Crippen molar-refractivity contribution in [2.45, 2.75) is 32.7 Å². The van der Waals surface area contributed by atoms with Crippen LogP contribution in [0.2, 0.25) is 0 Å². The number of nitrogens with one attached hydrogen (secondary N) is 1. The monoisotopic (exact) mass is 251 g/mol. The first-order valence-corrected chi connectivity index (χ1v) is 6.08. The van der Waals surface area contributed by atoms with E-state index in [9.17, 15) is 9.59 Å². The van der Waals surface area contributed by atoms with Crippen molar-refractivity contribution < 1.29 is 14.7 Å². The summed E-state index contributed by atoms with van der Waals surface area (Å²) < 4.78 is 0. The number of carboxylic acid groups (broad SMARTS) is 1. The van der Waals surface area contributed by atoms with Gasteiger partial charge < -0.3 is 15.0 Å². The average Bonchev–Trinajstić information content (AvgIpc) is 2.97. The zero-order chi connectivity index (χ0) is 13.3. The zero-order valence-corrected chi connectivity index (χ0v) is 10.5. The molecular weight excluding hydrogens is 234 g/mol. The van der Waals surface area contributed by atoms with Gasteiger partial charge in [-0.25, -0.2) is 9.78 Å². The number of aromatic nitrogens is 2. The van der Waals surface area contributed by atoms with Crippen LogP contribution in [0.25, 0.3) is 0 Å². The van der Waals surface area contributed by atoms with E-state index in [2.05, 4.69) is 9.97 Å². The van der Waals surface area contributed by atoms with Gasteiger partial charge in [0.1, 0.15) is 0 Å². The number of carboxylic acids is 1. The van der Waals surface area contributed by atoms with Crippen molar-refractivity contribution in [1.82, 2.24) is 14.9 Å². The number of hydrogen-bond donors (Lipinski definition) is 2. The minimum atomic E-state index is -1.16. The quantitative estimate of drug-likeness (QED) is 0.827. The van der Waals surface area contributed by atoms with Gasteiger partial charge in [0, 0.05) is 12.6 Å². The summed E-state index contributed by atoms with van der Waals surface area (Å²) in [6.45, 7) is 4.53. The van der Waals surface area contributed by atoms with E-state index < -0.39 is 5.97 Å². The lowest BCUT2D eigenvalue weighted by Crippen LogP contribution is -2.39. The summed E-state index contributed by atoms with van der Waals surface area (Å²) in [5.41, 5.74) is -0.140. The fourth-order valence-corrected chi connectivity index (χ4v) is 1.86. The van der Waals surface area contributed by atoms with Crippen molar-refractivity contribution >= 4 is 11.9 Å². The number of hydrogen-bond acceptors (Lipinski definition) is 3. The van der Waals surface area contributed by atoms with Crippen LogP contribution in [0.15, 0.2) is 6.33 Å². The molecule has 0 atom stereocenters. The third-order valence-electron chi connectivity index (χ3n) is 3.09. The Morgan fingerprint density at radius 1 is 1.56 bits per heavy atom. The minimum absolute atomic E-state index is 0.00292. The molecule has 98 valence electrons. The smallest absolute Gasteiger partial charge is 0.354 e. The van der Waals surface area contributed by atoms with Crippen LogP contribution < -0.4 is 0 Å². The van der Waals surface area contributed by atoms with E-state index in [0.717, 1.165) is 12.8 Å². The molecule has 18 heavy (non-hydrogen) atoms. The molecule has 2 rings (SSSR count). The normalized spacial score (nSPS) is 14.8. The zero-order valence-electron chi connectivity index (χ0n) is 10.5. The van der Waals surface area contributed by atoms with Gasteiger partial charge in [0.25, 0.3) is 5.91 Å². The third-order valence-corrected chi connectivity index (χ3v) is 3.09. The van der Waals surface area contributed by atoms with Gasteiger partial charge in [0.15, 0.2) is 11.4 Å². The highest BCUT2D eigenvalue weighted by Gasteiger charge is 2.31. The van der Waals surface area contributed by atoms with Crippen LogP contribution >= 0.6 is 0 Å². The number of nitrogens with zero attached hydrogens (tertiary/aromatic N) is 2. The predicted octanol–water partition coefficient (Wildman–Crippen LogP) is 1.37. The van der Waals surface area contributed by atoms with Gasteiger partial charge in [-0.05, 0) is 32.6 Å². The minimum Gasteiger partial charge on any atom is -0.477 e. The Labute approximate surface area is 105 Å². The molecule has 1 aliphatic carbocycles. The first kappa shape index (κ1) is 12.6. The Morgan fingerprint density at radius 2 is 2.22 bits per heavy atom. The molecule has 1 aromatic heterocycles. The van der Waals surface area contributed by atoms with Gasteiger partial charge in [0.05, 0.1) is 6.33 Å². The first-order chi connectivity index (χ1) is 8.50. The Hall–Kier alpha value is -1.85. The van der Waals surface area contributed by atoms with E-state index in [1.807, 2.05) is 13.8 Å². The maximum Gasteiger partial charge on any atom is 0.354 e. The Kier molecular flexibility index (Phi) is 3.36. The SMILES string of the molecule is CC(C)N(CC1CC1)C(=O)c1nc[nH]c1C(=O)O. The lowest BCUT2D eigenvalue weighted by atomic mass is 10.2. The Balaban J connectivity index is 2.21. The summed E-state index contributed by atoms with van der Waals surface area (Å²) in [7, 11) is 0. The summed E-state index contributed by atoms with van der Waals surface area (Å²) in [4.78, 5) is 31.3. The van der Waals surface area contributed by atoms with Crippen molar-refractivity contribution in [3.63, 3.8) is 0 Å². The van der Waals surface area contributed by atoms with Crippen LogP contribution in [0.5, 0.6) is 0 Å². The maximum absolute atomic E-state index is 12.3. The fourth-order valence-electron chi connectivity index (χ4n) is 1.86. The van der Waals surface area contributed by atoms with E-state index in [-0.39, 0.29) is 23.3 Å². The van der Waals surface area contributed by atoms with Gasteiger partial charge in [-0.3, -0.25) is 4.79 Å². The van der Waals surface area contributed by atoms with Gasteiger partial charge >= 0.3 is 5.97 Å². The lowest BCUT2D eigenvalue weighted by Gasteiger charge is -2.26. The third kappa shape index (κ3) is 2.52. The van der Waals surface area contributed by atoms with Crippen molar-refractivity contribution in [3.8, 4) is 0 Å². The molecule has 1 fully saturated rings. The molecule has 0 aromatic carbocycles. The average molecular weight is 251 g/mol. The topological polar surface area (TPSA) is 86.3 Å². The van der Waals surface area contributed by atoms with Crippen LogP contribution in [-0.2, 0) is 0 Å². The molecule has 1 saturated carbocycles. The molecule has 6 nitrogen and oxygen atoms in total. The predicted molar refractivity (Wildman–Crippen MR) is 64.4 cm³/mol. The van der Waals surface area contributed by atoms with E-state index in [0.29, 0.717) is 12.5 Å². The second-order valence-corrected chi connectivity index (χ2v) is 4.93. The second kappa shape index (κ2) is 4.80. The standard InChI is InChI=1S/C12H17N3O3/c1-7(2)15(5-8-3-4-8)11(16)9-10(12(17)18)14-6-13-9/h6-8H,3-5H2,1-2H3,(H,13,14)(H,17,18). The van der Waals surface area contributed by atoms with Crippen LogP contribution in [0.3, 0.4) is 0 Å². The molecule has 1 aliphatic rings. The van der Waals surface area contributed by atoms with Crippen molar-refractivity contribution in [2.24, 2.45) is 5.92 Å². The highest BCUT2D eigenvalue weighted by molar-refractivity contribution is 6.02. The molecule has 0 radical (unpaired) electrons. The molecule has 0 saturated heterocycles. The van der Waals surface area contributed by atoms with Gasteiger partial charge in [0.2, 0.25) is 0 Å². The highest BCUT2D eigenvalue weighted by atomic mass is 16.4. The summed E-state index contributed by atoms with van der Waals surface area (Å²) in [5.74, 6) is -0.912. The van der Waals surface area contributed by atoms with Crippen LogP contribution in [0.1, 0.15) is 47.7 Å². The number of carbonyl (C=O) groups is 2. The fraction of sp³-hybridized carbons (Fsp3) is 0.583. The maximum atomic E-state index is 12.3. The number of imidazole rings is 1. The number of aromatic carboxylic acids is 1. The second-order valence-electron chi connectivity index (χ2n) is 4.93. The van der Waals surface area contributed by atoms with Crippen LogP contribution in [0.4, 0.5) is 0 Å². The van der Waals surface area contributed by atoms with Gasteiger partial charge in [-0.2, -0.15) is 0 Å². The van der Waals surface area contributed by atoms with Crippen molar-refractivity contribution in [1.29, 1.82) is 0 Å². The molecule has 0 unspecified atom stereocenters.